The van der Waals surface area contributed by atoms with Crippen molar-refractivity contribution in [2.45, 2.75) is 52.5 Å². The topological polar surface area (TPSA) is 60.5 Å². The van der Waals surface area contributed by atoms with Crippen LogP contribution in [0, 0.1) is 6.92 Å². The first-order valence-electron chi connectivity index (χ1n) is 8.98. The highest BCUT2D eigenvalue weighted by atomic mass is 32.1. The van der Waals surface area contributed by atoms with Gasteiger partial charge in [-0.2, -0.15) is 0 Å². The van der Waals surface area contributed by atoms with Crippen molar-refractivity contribution < 1.29 is 14.3 Å². The van der Waals surface area contributed by atoms with E-state index in [1.54, 1.807) is 0 Å². The maximum absolute atomic E-state index is 12.8. The Bertz CT molecular complexity index is 808. The Labute approximate surface area is 158 Å². The maximum Gasteiger partial charge on any atom is 0.263 e. The number of aromatic nitrogens is 1. The van der Waals surface area contributed by atoms with Crippen LogP contribution in [0.3, 0.4) is 0 Å². The fourth-order valence-corrected chi connectivity index (χ4v) is 3.88. The fraction of sp³-hybridized carbons (Fsp3) is 0.500. The number of benzene rings is 1. The Morgan fingerprint density at radius 3 is 2.58 bits per heavy atom. The van der Waals surface area contributed by atoms with Crippen molar-refractivity contribution in [1.29, 1.82) is 0 Å². The second-order valence-corrected chi connectivity index (χ2v) is 8.52. The fourth-order valence-electron chi connectivity index (χ4n) is 2.85. The van der Waals surface area contributed by atoms with Crippen LogP contribution in [0.15, 0.2) is 18.2 Å². The monoisotopic (exact) mass is 374 g/mol. The molecule has 2 aromatic rings. The molecule has 0 bridgehead atoms. The lowest BCUT2D eigenvalue weighted by Crippen LogP contribution is -2.28. The van der Waals surface area contributed by atoms with Crippen LogP contribution in [0.2, 0.25) is 0 Å². The minimum atomic E-state index is -0.0853. The molecule has 1 aliphatic heterocycles. The van der Waals surface area contributed by atoms with Gasteiger partial charge in [0.05, 0.1) is 16.7 Å². The van der Waals surface area contributed by atoms with Crippen LogP contribution in [0.4, 0.5) is 0 Å². The number of hydrogen-bond donors (Lipinski definition) is 1. The lowest BCUT2D eigenvalue weighted by atomic mass is 9.98. The number of amides is 1. The molecule has 5 nitrogen and oxygen atoms in total. The molecule has 26 heavy (non-hydrogen) atoms. The average Bonchev–Trinajstić information content (AvgIpc) is 3.01. The Morgan fingerprint density at radius 2 is 1.96 bits per heavy atom. The average molecular weight is 375 g/mol. The van der Waals surface area contributed by atoms with Gasteiger partial charge >= 0.3 is 0 Å². The molecule has 0 radical (unpaired) electrons. The standard InChI is InChI=1S/C20H26N2O3S/c1-6-14(13-7-8-15-16(11-13)25-10-9-24-15)22-18(23)17-12(2)21-19(26-17)20(3,4)5/h7-8,11,14H,6,9-10H2,1-5H3,(H,22,23). The van der Waals surface area contributed by atoms with Crippen LogP contribution < -0.4 is 14.8 Å². The highest BCUT2D eigenvalue weighted by Crippen LogP contribution is 2.34. The largest absolute Gasteiger partial charge is 0.486 e. The van der Waals surface area contributed by atoms with Gasteiger partial charge in [0.25, 0.3) is 5.91 Å². The van der Waals surface area contributed by atoms with E-state index in [0.29, 0.717) is 18.1 Å². The van der Waals surface area contributed by atoms with Crippen LogP contribution >= 0.6 is 11.3 Å². The number of nitrogens with one attached hydrogen (secondary N) is 1. The van der Waals surface area contributed by atoms with E-state index in [1.807, 2.05) is 25.1 Å². The highest BCUT2D eigenvalue weighted by Gasteiger charge is 2.25. The van der Waals surface area contributed by atoms with Crippen molar-refractivity contribution in [3.05, 3.63) is 39.3 Å². The zero-order chi connectivity index (χ0) is 18.9. The van der Waals surface area contributed by atoms with E-state index in [1.165, 1.54) is 11.3 Å². The van der Waals surface area contributed by atoms with Crippen molar-refractivity contribution in [3.63, 3.8) is 0 Å². The second kappa shape index (κ2) is 7.27. The summed E-state index contributed by atoms with van der Waals surface area (Å²) in [5.74, 6) is 1.43. The van der Waals surface area contributed by atoms with E-state index < -0.39 is 0 Å². The summed E-state index contributed by atoms with van der Waals surface area (Å²) in [6.07, 6.45) is 0.787. The van der Waals surface area contributed by atoms with E-state index in [0.717, 1.165) is 34.2 Å². The predicted octanol–water partition coefficient (Wildman–Crippen LogP) is 4.40. The molecule has 1 N–H and O–H groups in total. The summed E-state index contributed by atoms with van der Waals surface area (Å²) >= 11 is 1.48. The van der Waals surface area contributed by atoms with Crippen molar-refractivity contribution >= 4 is 17.2 Å². The summed E-state index contributed by atoms with van der Waals surface area (Å²) in [5, 5.41) is 4.13. The number of thiazole rings is 1. The third kappa shape index (κ3) is 3.85. The first-order chi connectivity index (χ1) is 12.3. The first-order valence-corrected chi connectivity index (χ1v) is 9.79. The molecule has 1 atom stereocenters. The van der Waals surface area contributed by atoms with Crippen LogP contribution in [0.25, 0.3) is 0 Å². The summed E-state index contributed by atoms with van der Waals surface area (Å²) < 4.78 is 11.2. The molecule has 1 amide bonds. The number of hydrogen-bond acceptors (Lipinski definition) is 5. The number of nitrogens with zero attached hydrogens (tertiary/aromatic N) is 1. The quantitative estimate of drug-likeness (QED) is 0.862. The Balaban J connectivity index is 1.80. The van der Waals surface area contributed by atoms with Gasteiger partial charge in [0, 0.05) is 5.41 Å². The molecule has 3 rings (SSSR count). The molecule has 0 saturated heterocycles. The Hall–Kier alpha value is -2.08. The summed E-state index contributed by atoms with van der Waals surface area (Å²) in [4.78, 5) is 18.1. The first kappa shape index (κ1) is 18.7. The summed E-state index contributed by atoms with van der Waals surface area (Å²) in [7, 11) is 0. The van der Waals surface area contributed by atoms with Crippen LogP contribution in [0.1, 0.15) is 66.1 Å². The van der Waals surface area contributed by atoms with Gasteiger partial charge < -0.3 is 14.8 Å². The Morgan fingerprint density at radius 1 is 1.27 bits per heavy atom. The molecule has 2 heterocycles. The van der Waals surface area contributed by atoms with Gasteiger partial charge in [0.2, 0.25) is 0 Å². The number of carbonyl (C=O) groups excluding carboxylic acids is 1. The molecular weight excluding hydrogens is 348 g/mol. The molecule has 140 valence electrons. The minimum absolute atomic E-state index is 0.0616. The van der Waals surface area contributed by atoms with Gasteiger partial charge in [-0.25, -0.2) is 4.98 Å². The van der Waals surface area contributed by atoms with Gasteiger partial charge in [-0.1, -0.05) is 33.8 Å². The van der Waals surface area contributed by atoms with E-state index in [-0.39, 0.29) is 17.4 Å². The molecule has 0 spiro atoms. The molecule has 1 aliphatic rings. The number of ether oxygens (including phenoxy) is 2. The number of fused-ring (bicyclic) bond motifs is 1. The predicted molar refractivity (Wildman–Crippen MR) is 103 cm³/mol. The molecule has 0 aliphatic carbocycles. The summed E-state index contributed by atoms with van der Waals surface area (Å²) in [5.41, 5.74) is 1.74. The number of aryl methyl sites for hydroxylation is 1. The van der Waals surface area contributed by atoms with Crippen LogP contribution in [-0.4, -0.2) is 24.1 Å². The maximum atomic E-state index is 12.8. The molecule has 0 fully saturated rings. The molecule has 6 heteroatoms. The summed E-state index contributed by atoms with van der Waals surface area (Å²) in [6, 6.07) is 5.78. The third-order valence-corrected chi connectivity index (χ3v) is 5.91. The van der Waals surface area contributed by atoms with Crippen molar-refractivity contribution in [3.8, 4) is 11.5 Å². The zero-order valence-electron chi connectivity index (χ0n) is 16.0. The van der Waals surface area contributed by atoms with Gasteiger partial charge in [-0.05, 0) is 31.0 Å². The van der Waals surface area contributed by atoms with E-state index in [9.17, 15) is 4.79 Å². The second-order valence-electron chi connectivity index (χ2n) is 7.52. The van der Waals surface area contributed by atoms with Crippen LogP contribution in [0.5, 0.6) is 11.5 Å². The van der Waals surface area contributed by atoms with E-state index >= 15 is 0 Å². The van der Waals surface area contributed by atoms with Gasteiger partial charge in [-0.3, -0.25) is 4.79 Å². The SMILES string of the molecule is CCC(NC(=O)c1sc(C(C)(C)C)nc1C)c1ccc2c(c1)OCCO2. The normalized spacial score (nSPS) is 14.8. The van der Waals surface area contributed by atoms with Crippen molar-refractivity contribution in [1.82, 2.24) is 10.3 Å². The van der Waals surface area contributed by atoms with E-state index in [2.05, 4.69) is 38.0 Å². The highest BCUT2D eigenvalue weighted by molar-refractivity contribution is 7.14. The minimum Gasteiger partial charge on any atom is -0.486 e. The lowest BCUT2D eigenvalue weighted by molar-refractivity contribution is 0.0938. The number of rotatable bonds is 4. The van der Waals surface area contributed by atoms with Crippen molar-refractivity contribution in [2.24, 2.45) is 0 Å². The molecule has 1 aromatic carbocycles. The smallest absolute Gasteiger partial charge is 0.263 e. The summed E-state index contributed by atoms with van der Waals surface area (Å²) in [6.45, 7) is 11.4. The van der Waals surface area contributed by atoms with Gasteiger partial charge in [0.1, 0.15) is 18.1 Å². The molecule has 1 unspecified atom stereocenters. The van der Waals surface area contributed by atoms with E-state index in [4.69, 9.17) is 9.47 Å². The number of carbonyl (C=O) groups is 1. The molecular formula is C20H26N2O3S. The Kier molecular flexibility index (Phi) is 5.23. The molecule has 0 saturated carbocycles. The molecule has 1 aromatic heterocycles. The third-order valence-electron chi connectivity index (χ3n) is 4.33. The van der Waals surface area contributed by atoms with Gasteiger partial charge in [0.15, 0.2) is 11.5 Å². The van der Waals surface area contributed by atoms with Crippen LogP contribution in [-0.2, 0) is 5.41 Å². The lowest BCUT2D eigenvalue weighted by Gasteiger charge is -2.22. The van der Waals surface area contributed by atoms with Gasteiger partial charge in [-0.15, -0.1) is 11.3 Å². The zero-order valence-corrected chi connectivity index (χ0v) is 16.8. The van der Waals surface area contributed by atoms with Crippen molar-refractivity contribution in [2.75, 3.05) is 13.2 Å².